The van der Waals surface area contributed by atoms with Gasteiger partial charge in [-0.05, 0) is 24.1 Å². The number of carbonyl (C=O) groups excluding carboxylic acids is 1. The number of nitrogens with two attached hydrogens (primary N) is 1. The molecule has 2 rings (SSSR count). The van der Waals surface area contributed by atoms with Crippen molar-refractivity contribution >= 4 is 40.4 Å². The Morgan fingerprint density at radius 3 is 2.75 bits per heavy atom. The smallest absolute Gasteiger partial charge is 0.137 e. The number of rotatable bonds is 3. The van der Waals surface area contributed by atoms with Gasteiger partial charge in [-0.2, -0.15) is 0 Å². The third kappa shape index (κ3) is 1.94. The van der Waals surface area contributed by atoms with E-state index in [0.29, 0.717) is 16.5 Å². The van der Waals surface area contributed by atoms with Crippen molar-refractivity contribution in [3.63, 3.8) is 0 Å². The molecule has 3 N–H and O–H groups in total. The molecule has 0 saturated carbocycles. The minimum atomic E-state index is -0.519. The Labute approximate surface area is 103 Å². The van der Waals surface area contributed by atoms with Gasteiger partial charge >= 0.3 is 0 Å². The van der Waals surface area contributed by atoms with E-state index in [2.05, 4.69) is 4.98 Å². The maximum absolute atomic E-state index is 10.5. The zero-order chi connectivity index (χ0) is 11.7. The zero-order valence-electron chi connectivity index (χ0n) is 8.34. The number of H-pyrrole nitrogens is 1. The van der Waals surface area contributed by atoms with Crippen molar-refractivity contribution in [2.45, 2.75) is 12.5 Å². The van der Waals surface area contributed by atoms with Crippen LogP contribution in [0.15, 0.2) is 18.3 Å². The molecule has 1 heterocycles. The van der Waals surface area contributed by atoms with Crippen molar-refractivity contribution in [1.29, 1.82) is 0 Å². The Balaban J connectivity index is 2.55. The van der Waals surface area contributed by atoms with Gasteiger partial charge in [0, 0.05) is 11.6 Å². The summed E-state index contributed by atoms with van der Waals surface area (Å²) in [6.45, 7) is 0. The van der Waals surface area contributed by atoms with Crippen LogP contribution in [0.5, 0.6) is 0 Å². The molecule has 0 aliphatic rings. The summed E-state index contributed by atoms with van der Waals surface area (Å²) < 4.78 is 0. The van der Waals surface area contributed by atoms with Gasteiger partial charge in [0.15, 0.2) is 0 Å². The Morgan fingerprint density at radius 1 is 1.38 bits per heavy atom. The average molecular weight is 257 g/mol. The third-order valence-corrected chi connectivity index (χ3v) is 3.08. The molecule has 1 aromatic carbocycles. The monoisotopic (exact) mass is 256 g/mol. The first-order chi connectivity index (χ1) is 7.63. The standard InChI is InChI=1S/C11H10Cl2N2O/c12-8-1-2-9(13)11-10(8)6(4-15-11)3-7(14)5-16/h1-2,4-5,7,15H,3,14H2/t7-/m0/s1. The van der Waals surface area contributed by atoms with Crippen molar-refractivity contribution in [1.82, 2.24) is 4.98 Å². The number of hydrogen-bond donors (Lipinski definition) is 2. The van der Waals surface area contributed by atoms with Gasteiger partial charge in [-0.3, -0.25) is 0 Å². The Hall–Kier alpha value is -1.03. The van der Waals surface area contributed by atoms with Gasteiger partial charge in [0.2, 0.25) is 0 Å². The lowest BCUT2D eigenvalue weighted by Crippen LogP contribution is -2.23. The molecule has 0 aliphatic heterocycles. The molecule has 1 atom stereocenters. The van der Waals surface area contributed by atoms with Crippen LogP contribution >= 0.6 is 23.2 Å². The second-order valence-corrected chi connectivity index (χ2v) is 4.41. The Morgan fingerprint density at radius 2 is 2.06 bits per heavy atom. The van der Waals surface area contributed by atoms with E-state index < -0.39 is 6.04 Å². The SMILES string of the molecule is N[C@H](C=O)Cc1c[nH]c2c(Cl)ccc(Cl)c12. The van der Waals surface area contributed by atoms with Gasteiger partial charge in [-0.25, -0.2) is 0 Å². The van der Waals surface area contributed by atoms with E-state index in [1.807, 2.05) is 0 Å². The van der Waals surface area contributed by atoms with Crippen molar-refractivity contribution in [2.24, 2.45) is 5.73 Å². The van der Waals surface area contributed by atoms with E-state index in [1.54, 1.807) is 18.3 Å². The second kappa shape index (κ2) is 4.45. The van der Waals surface area contributed by atoms with Gasteiger partial charge in [-0.15, -0.1) is 0 Å². The fourth-order valence-corrected chi connectivity index (χ4v) is 2.19. The van der Waals surface area contributed by atoms with Crippen molar-refractivity contribution in [2.75, 3.05) is 0 Å². The first-order valence-electron chi connectivity index (χ1n) is 4.78. The summed E-state index contributed by atoms with van der Waals surface area (Å²) in [5.74, 6) is 0. The minimum absolute atomic E-state index is 0.448. The summed E-state index contributed by atoms with van der Waals surface area (Å²) >= 11 is 12.1. The first-order valence-corrected chi connectivity index (χ1v) is 5.54. The summed E-state index contributed by atoms with van der Waals surface area (Å²) in [6.07, 6.45) is 2.95. The molecule has 0 bridgehead atoms. The molecule has 1 aromatic heterocycles. The summed E-state index contributed by atoms with van der Waals surface area (Å²) in [7, 11) is 0. The molecule has 0 saturated heterocycles. The Kier molecular flexibility index (Phi) is 3.19. The molecule has 84 valence electrons. The zero-order valence-corrected chi connectivity index (χ0v) is 9.85. The summed E-state index contributed by atoms with van der Waals surface area (Å²) in [5, 5.41) is 2.05. The average Bonchev–Trinajstić information content (AvgIpc) is 2.68. The van der Waals surface area contributed by atoms with Crippen LogP contribution < -0.4 is 5.73 Å². The maximum atomic E-state index is 10.5. The van der Waals surface area contributed by atoms with Crippen molar-refractivity contribution in [3.8, 4) is 0 Å². The molecule has 0 spiro atoms. The Bertz CT molecular complexity index is 536. The highest BCUT2D eigenvalue weighted by atomic mass is 35.5. The van der Waals surface area contributed by atoms with Crippen LogP contribution in [-0.4, -0.2) is 17.3 Å². The fraction of sp³-hybridized carbons (Fsp3) is 0.182. The lowest BCUT2D eigenvalue weighted by atomic mass is 10.1. The predicted octanol–water partition coefficient (Wildman–Crippen LogP) is 2.54. The summed E-state index contributed by atoms with van der Waals surface area (Å²) in [6, 6.07) is 2.94. The van der Waals surface area contributed by atoms with E-state index in [-0.39, 0.29) is 0 Å². The number of nitrogens with one attached hydrogen (secondary N) is 1. The number of benzene rings is 1. The number of halogens is 2. The molecular formula is C11H10Cl2N2O. The molecule has 0 fully saturated rings. The third-order valence-electron chi connectivity index (χ3n) is 2.45. The summed E-state index contributed by atoms with van der Waals surface area (Å²) in [4.78, 5) is 13.6. The molecule has 5 heteroatoms. The number of hydrogen-bond acceptors (Lipinski definition) is 2. The maximum Gasteiger partial charge on any atom is 0.137 e. The molecule has 0 radical (unpaired) electrons. The number of carbonyl (C=O) groups is 1. The lowest BCUT2D eigenvalue weighted by molar-refractivity contribution is -0.108. The van der Waals surface area contributed by atoms with E-state index in [4.69, 9.17) is 28.9 Å². The number of fused-ring (bicyclic) bond motifs is 1. The van der Waals surface area contributed by atoms with Crippen LogP contribution in [0.1, 0.15) is 5.56 Å². The number of aldehydes is 1. The van der Waals surface area contributed by atoms with Crippen LogP contribution in [0.4, 0.5) is 0 Å². The molecule has 2 aromatic rings. The van der Waals surface area contributed by atoms with Gasteiger partial charge < -0.3 is 15.5 Å². The predicted molar refractivity (Wildman–Crippen MR) is 66.1 cm³/mol. The van der Waals surface area contributed by atoms with Gasteiger partial charge in [0.1, 0.15) is 6.29 Å². The molecule has 16 heavy (non-hydrogen) atoms. The second-order valence-electron chi connectivity index (χ2n) is 3.60. The summed E-state index contributed by atoms with van der Waals surface area (Å²) in [5.41, 5.74) is 7.27. The highest BCUT2D eigenvalue weighted by Gasteiger charge is 2.12. The van der Waals surface area contributed by atoms with Crippen LogP contribution in [0.2, 0.25) is 10.0 Å². The number of aromatic nitrogens is 1. The van der Waals surface area contributed by atoms with Gasteiger partial charge in [0.25, 0.3) is 0 Å². The highest BCUT2D eigenvalue weighted by molar-refractivity contribution is 6.40. The topological polar surface area (TPSA) is 58.9 Å². The van der Waals surface area contributed by atoms with Crippen LogP contribution in [0, 0.1) is 0 Å². The molecule has 3 nitrogen and oxygen atoms in total. The number of aromatic amines is 1. The van der Waals surface area contributed by atoms with Crippen molar-refractivity contribution < 1.29 is 4.79 Å². The first kappa shape index (κ1) is 11.5. The van der Waals surface area contributed by atoms with Gasteiger partial charge in [0.05, 0.1) is 21.6 Å². The van der Waals surface area contributed by atoms with Crippen molar-refractivity contribution in [3.05, 3.63) is 33.9 Å². The normalized spacial score (nSPS) is 12.9. The van der Waals surface area contributed by atoms with E-state index in [9.17, 15) is 4.79 Å². The van der Waals surface area contributed by atoms with E-state index in [1.165, 1.54) is 0 Å². The molecule has 0 aliphatic carbocycles. The highest BCUT2D eigenvalue weighted by Crippen LogP contribution is 2.32. The minimum Gasteiger partial charge on any atom is -0.360 e. The van der Waals surface area contributed by atoms with E-state index in [0.717, 1.165) is 22.8 Å². The quantitative estimate of drug-likeness (QED) is 0.830. The fourth-order valence-electron chi connectivity index (χ4n) is 1.70. The van der Waals surface area contributed by atoms with Gasteiger partial charge in [-0.1, -0.05) is 23.2 Å². The molecule has 0 unspecified atom stereocenters. The lowest BCUT2D eigenvalue weighted by Gasteiger charge is -2.03. The largest absolute Gasteiger partial charge is 0.360 e. The molecular weight excluding hydrogens is 247 g/mol. The van der Waals surface area contributed by atoms with E-state index >= 15 is 0 Å². The van der Waals surface area contributed by atoms with Crippen LogP contribution in [0.25, 0.3) is 10.9 Å². The molecule has 0 amide bonds. The van der Waals surface area contributed by atoms with Crippen LogP contribution in [0.3, 0.4) is 0 Å². The van der Waals surface area contributed by atoms with Crippen LogP contribution in [-0.2, 0) is 11.2 Å².